The van der Waals surface area contributed by atoms with Crippen molar-refractivity contribution < 1.29 is 19.5 Å². The quantitative estimate of drug-likeness (QED) is 0.879. The van der Waals surface area contributed by atoms with E-state index in [-0.39, 0.29) is 17.9 Å². The lowest BCUT2D eigenvalue weighted by molar-refractivity contribution is -0.139. The molecule has 6 nitrogen and oxygen atoms in total. The van der Waals surface area contributed by atoms with E-state index in [0.717, 1.165) is 31.4 Å². The summed E-state index contributed by atoms with van der Waals surface area (Å²) in [4.78, 5) is 37.6. The topological polar surface area (TPSA) is 86.7 Å². The Morgan fingerprint density at radius 2 is 1.96 bits per heavy atom. The smallest absolute Gasteiger partial charge is 0.307 e. The van der Waals surface area contributed by atoms with Crippen LogP contribution in [0.1, 0.15) is 48.5 Å². The van der Waals surface area contributed by atoms with Gasteiger partial charge in [-0.1, -0.05) is 0 Å². The fraction of sp³-hybridized carbons (Fsp3) is 0.526. The van der Waals surface area contributed by atoms with Gasteiger partial charge < -0.3 is 15.3 Å². The zero-order chi connectivity index (χ0) is 18.1. The van der Waals surface area contributed by atoms with Gasteiger partial charge in [-0.25, -0.2) is 0 Å². The van der Waals surface area contributed by atoms with Crippen LogP contribution in [0.5, 0.6) is 0 Å². The molecule has 1 saturated carbocycles. The number of carbonyl (C=O) groups is 3. The summed E-state index contributed by atoms with van der Waals surface area (Å²) >= 11 is 0. The van der Waals surface area contributed by atoms with Gasteiger partial charge in [0.05, 0.1) is 11.8 Å². The van der Waals surface area contributed by atoms with Crippen molar-refractivity contribution in [2.75, 3.05) is 11.9 Å². The second-order valence-corrected chi connectivity index (χ2v) is 7.15. The Balaban J connectivity index is 1.67. The summed E-state index contributed by atoms with van der Waals surface area (Å²) in [7, 11) is 0. The number of carboxylic acid groups (broad SMARTS) is 1. The van der Waals surface area contributed by atoms with Crippen molar-refractivity contribution in [1.29, 1.82) is 0 Å². The van der Waals surface area contributed by atoms with Crippen LogP contribution < -0.4 is 5.32 Å². The summed E-state index contributed by atoms with van der Waals surface area (Å²) in [5, 5.41) is 11.7. The molecule has 1 aromatic rings. The van der Waals surface area contributed by atoms with Crippen molar-refractivity contribution in [3.05, 3.63) is 29.3 Å². The van der Waals surface area contributed by atoms with Crippen molar-refractivity contribution in [2.24, 2.45) is 11.8 Å². The zero-order valence-corrected chi connectivity index (χ0v) is 14.6. The van der Waals surface area contributed by atoms with Crippen LogP contribution in [0.25, 0.3) is 0 Å². The Morgan fingerprint density at radius 3 is 2.56 bits per heavy atom. The molecular formula is C19H24N2O4. The summed E-state index contributed by atoms with van der Waals surface area (Å²) in [5.41, 5.74) is 2.06. The van der Waals surface area contributed by atoms with Gasteiger partial charge in [-0.3, -0.25) is 14.4 Å². The van der Waals surface area contributed by atoms with Crippen LogP contribution in [0.4, 0.5) is 5.69 Å². The zero-order valence-electron chi connectivity index (χ0n) is 14.6. The van der Waals surface area contributed by atoms with E-state index < -0.39 is 17.8 Å². The van der Waals surface area contributed by atoms with Crippen LogP contribution in [0.3, 0.4) is 0 Å². The van der Waals surface area contributed by atoms with Crippen LogP contribution in [0.15, 0.2) is 18.2 Å². The highest BCUT2D eigenvalue weighted by molar-refractivity contribution is 6.00. The number of aliphatic carboxylic acids is 1. The Morgan fingerprint density at radius 1 is 1.20 bits per heavy atom. The average Bonchev–Trinajstić information content (AvgIpc) is 3.37. The lowest BCUT2D eigenvalue weighted by atomic mass is 10.0. The number of hydrogen-bond acceptors (Lipinski definition) is 3. The molecule has 2 amide bonds. The van der Waals surface area contributed by atoms with Gasteiger partial charge in [0.15, 0.2) is 0 Å². The Bertz CT molecular complexity index is 715. The van der Waals surface area contributed by atoms with Gasteiger partial charge in [-0.2, -0.15) is 0 Å². The molecule has 25 heavy (non-hydrogen) atoms. The normalized spacial score (nSPS) is 25.4. The Hall–Kier alpha value is -2.37. The maximum absolute atomic E-state index is 12.7. The van der Waals surface area contributed by atoms with Crippen LogP contribution in [0.2, 0.25) is 0 Å². The van der Waals surface area contributed by atoms with Gasteiger partial charge in [0.2, 0.25) is 5.91 Å². The first-order valence-electron chi connectivity index (χ1n) is 8.83. The number of nitrogens with zero attached hydrogens (tertiary/aromatic N) is 1. The predicted molar refractivity (Wildman–Crippen MR) is 93.4 cm³/mol. The SMILES string of the molecule is Cc1cc(C(=O)N2CCCCC2C)ccc1NC(=O)C1CC1C(=O)O. The number of benzene rings is 1. The predicted octanol–water partition coefficient (Wildman–Crippen LogP) is 2.67. The van der Waals surface area contributed by atoms with E-state index in [1.54, 1.807) is 18.2 Å². The minimum absolute atomic E-state index is 0.0290. The molecule has 0 aromatic heterocycles. The summed E-state index contributed by atoms with van der Waals surface area (Å²) < 4.78 is 0. The van der Waals surface area contributed by atoms with E-state index in [1.165, 1.54) is 0 Å². The molecule has 1 aliphatic carbocycles. The average molecular weight is 344 g/mol. The molecule has 3 rings (SSSR count). The molecule has 1 aliphatic heterocycles. The van der Waals surface area contributed by atoms with Gasteiger partial charge in [0.25, 0.3) is 5.91 Å². The molecule has 0 spiro atoms. The highest BCUT2D eigenvalue weighted by Crippen LogP contribution is 2.39. The number of carboxylic acids is 1. The number of hydrogen-bond donors (Lipinski definition) is 2. The molecule has 1 aromatic carbocycles. The first-order chi connectivity index (χ1) is 11.9. The van der Waals surface area contributed by atoms with E-state index in [4.69, 9.17) is 5.11 Å². The largest absolute Gasteiger partial charge is 0.481 e. The second-order valence-electron chi connectivity index (χ2n) is 7.15. The highest BCUT2D eigenvalue weighted by Gasteiger charge is 2.48. The molecule has 0 radical (unpaired) electrons. The molecule has 0 bridgehead atoms. The van der Waals surface area contributed by atoms with Crippen molar-refractivity contribution >= 4 is 23.5 Å². The molecule has 1 heterocycles. The van der Waals surface area contributed by atoms with E-state index in [2.05, 4.69) is 12.2 Å². The molecular weight excluding hydrogens is 320 g/mol. The Labute approximate surface area is 147 Å². The summed E-state index contributed by atoms with van der Waals surface area (Å²) in [6.07, 6.45) is 3.62. The summed E-state index contributed by atoms with van der Waals surface area (Å²) in [6.45, 7) is 4.70. The number of piperidine rings is 1. The van der Waals surface area contributed by atoms with Gasteiger partial charge in [-0.15, -0.1) is 0 Å². The second kappa shape index (κ2) is 6.86. The molecule has 134 valence electrons. The number of nitrogens with one attached hydrogen (secondary N) is 1. The third-order valence-corrected chi connectivity index (χ3v) is 5.24. The van der Waals surface area contributed by atoms with Crippen molar-refractivity contribution in [2.45, 2.75) is 45.6 Å². The number of rotatable bonds is 4. The van der Waals surface area contributed by atoms with Crippen molar-refractivity contribution in [1.82, 2.24) is 4.90 Å². The van der Waals surface area contributed by atoms with E-state index in [0.29, 0.717) is 17.7 Å². The van der Waals surface area contributed by atoms with Gasteiger partial charge in [0, 0.05) is 23.8 Å². The fourth-order valence-corrected chi connectivity index (χ4v) is 3.49. The monoisotopic (exact) mass is 344 g/mol. The maximum Gasteiger partial charge on any atom is 0.307 e. The van der Waals surface area contributed by atoms with Gasteiger partial charge in [-0.05, 0) is 63.3 Å². The fourth-order valence-electron chi connectivity index (χ4n) is 3.49. The number of carbonyl (C=O) groups excluding carboxylic acids is 2. The molecule has 2 N–H and O–H groups in total. The van der Waals surface area contributed by atoms with E-state index in [1.807, 2.05) is 11.8 Å². The maximum atomic E-state index is 12.7. The van der Waals surface area contributed by atoms with Gasteiger partial charge in [0.1, 0.15) is 0 Å². The molecule has 1 saturated heterocycles. The Kier molecular flexibility index (Phi) is 4.79. The third-order valence-electron chi connectivity index (χ3n) is 5.24. The summed E-state index contributed by atoms with van der Waals surface area (Å²) in [5.74, 6) is -2.18. The molecule has 2 fully saturated rings. The van der Waals surface area contributed by atoms with Crippen LogP contribution in [0, 0.1) is 18.8 Å². The minimum Gasteiger partial charge on any atom is -0.481 e. The lowest BCUT2D eigenvalue weighted by Crippen LogP contribution is -2.42. The first kappa shape index (κ1) is 17.5. The minimum atomic E-state index is -0.923. The first-order valence-corrected chi connectivity index (χ1v) is 8.83. The van der Waals surface area contributed by atoms with Crippen LogP contribution in [-0.2, 0) is 9.59 Å². The lowest BCUT2D eigenvalue weighted by Gasteiger charge is -2.33. The van der Waals surface area contributed by atoms with Gasteiger partial charge >= 0.3 is 5.97 Å². The standard InChI is InChI=1S/C19H24N2O4/c1-11-9-13(18(23)21-8-4-3-5-12(21)2)6-7-16(11)20-17(22)14-10-15(14)19(24)25/h6-7,9,12,14-15H,3-5,8,10H2,1-2H3,(H,20,22)(H,24,25). The molecule has 2 aliphatic rings. The van der Waals surface area contributed by atoms with Crippen LogP contribution >= 0.6 is 0 Å². The third kappa shape index (κ3) is 3.67. The van der Waals surface area contributed by atoms with Crippen molar-refractivity contribution in [3.63, 3.8) is 0 Å². The number of anilines is 1. The molecule has 3 unspecified atom stereocenters. The van der Waals surface area contributed by atoms with Crippen LogP contribution in [-0.4, -0.2) is 40.4 Å². The van der Waals surface area contributed by atoms with E-state index in [9.17, 15) is 14.4 Å². The molecule has 3 atom stereocenters. The highest BCUT2D eigenvalue weighted by atomic mass is 16.4. The van der Waals surface area contributed by atoms with E-state index >= 15 is 0 Å². The number of aryl methyl sites for hydroxylation is 1. The molecule has 6 heteroatoms. The number of likely N-dealkylation sites (tertiary alicyclic amines) is 1. The number of amides is 2. The summed E-state index contributed by atoms with van der Waals surface area (Å²) in [6, 6.07) is 5.51. The van der Waals surface area contributed by atoms with Crippen molar-refractivity contribution in [3.8, 4) is 0 Å².